The second kappa shape index (κ2) is 7.07. The maximum atomic E-state index is 3.63. The Morgan fingerprint density at radius 2 is 1.94 bits per heavy atom. The molecule has 3 heteroatoms. The fourth-order valence-electron chi connectivity index (χ4n) is 1.97. The summed E-state index contributed by atoms with van der Waals surface area (Å²) in [7, 11) is 0. The molecule has 2 rings (SSSR count). The van der Waals surface area contributed by atoms with Crippen molar-refractivity contribution in [1.82, 2.24) is 5.32 Å². The van der Waals surface area contributed by atoms with Crippen LogP contribution in [0, 0.1) is 0 Å². The first-order valence-electron chi connectivity index (χ1n) is 6.32. The third-order valence-electron chi connectivity index (χ3n) is 2.88. The van der Waals surface area contributed by atoms with Gasteiger partial charge in [0.05, 0.1) is 3.79 Å². The number of benzene rings is 1. The minimum absolute atomic E-state index is 0.414. The maximum Gasteiger partial charge on any atom is 0.0701 e. The van der Waals surface area contributed by atoms with Crippen LogP contribution in [0.5, 0.6) is 0 Å². The van der Waals surface area contributed by atoms with E-state index < -0.39 is 0 Å². The van der Waals surface area contributed by atoms with Crippen molar-refractivity contribution in [2.75, 3.05) is 6.54 Å². The fraction of sp³-hybridized carbons (Fsp3) is 0.333. The van der Waals surface area contributed by atoms with E-state index in [2.05, 4.69) is 70.6 Å². The molecule has 1 aromatic heterocycles. The van der Waals surface area contributed by atoms with Crippen molar-refractivity contribution < 1.29 is 0 Å². The van der Waals surface area contributed by atoms with E-state index in [9.17, 15) is 0 Å². The predicted molar refractivity (Wildman–Crippen MR) is 83.2 cm³/mol. The third-order valence-corrected chi connectivity index (χ3v) is 4.52. The van der Waals surface area contributed by atoms with E-state index in [1.807, 2.05) is 11.3 Å². The van der Waals surface area contributed by atoms with Gasteiger partial charge in [-0.15, -0.1) is 11.3 Å². The zero-order chi connectivity index (χ0) is 12.8. The van der Waals surface area contributed by atoms with Crippen LogP contribution in [-0.4, -0.2) is 6.54 Å². The van der Waals surface area contributed by atoms with E-state index in [1.54, 1.807) is 0 Å². The van der Waals surface area contributed by atoms with Crippen LogP contribution in [0.1, 0.15) is 29.8 Å². The second-order valence-electron chi connectivity index (χ2n) is 4.33. The second-order valence-corrected chi connectivity index (χ2v) is 6.87. The highest BCUT2D eigenvalue weighted by atomic mass is 79.9. The molecule has 0 aliphatic carbocycles. The van der Waals surface area contributed by atoms with Crippen LogP contribution in [0.3, 0.4) is 0 Å². The van der Waals surface area contributed by atoms with E-state index in [-0.39, 0.29) is 0 Å². The van der Waals surface area contributed by atoms with Crippen molar-refractivity contribution in [3.05, 3.63) is 56.7 Å². The van der Waals surface area contributed by atoms with Crippen LogP contribution in [0.15, 0.2) is 46.3 Å². The zero-order valence-corrected chi connectivity index (χ0v) is 12.9. The molecule has 18 heavy (non-hydrogen) atoms. The smallest absolute Gasteiger partial charge is 0.0701 e. The molecular weight excluding hydrogens is 306 g/mol. The summed E-state index contributed by atoms with van der Waals surface area (Å²) in [6, 6.07) is 15.5. The molecule has 0 amide bonds. The van der Waals surface area contributed by atoms with Gasteiger partial charge in [-0.1, -0.05) is 37.3 Å². The van der Waals surface area contributed by atoms with E-state index >= 15 is 0 Å². The number of rotatable bonds is 6. The Hall–Kier alpha value is -0.640. The van der Waals surface area contributed by atoms with Gasteiger partial charge >= 0.3 is 0 Å². The average molecular weight is 324 g/mol. The summed E-state index contributed by atoms with van der Waals surface area (Å²) in [5.74, 6) is 0. The summed E-state index contributed by atoms with van der Waals surface area (Å²) < 4.78 is 1.21. The number of thiophene rings is 1. The van der Waals surface area contributed by atoms with E-state index in [4.69, 9.17) is 0 Å². The van der Waals surface area contributed by atoms with Crippen LogP contribution in [0.2, 0.25) is 0 Å². The highest BCUT2D eigenvalue weighted by Gasteiger charge is 2.12. The van der Waals surface area contributed by atoms with Crippen molar-refractivity contribution >= 4 is 27.3 Å². The molecule has 0 aliphatic rings. The summed E-state index contributed by atoms with van der Waals surface area (Å²) in [5, 5.41) is 3.63. The topological polar surface area (TPSA) is 12.0 Å². The highest BCUT2D eigenvalue weighted by molar-refractivity contribution is 9.11. The molecule has 1 nitrogen and oxygen atoms in total. The van der Waals surface area contributed by atoms with Crippen molar-refractivity contribution in [1.29, 1.82) is 0 Å². The highest BCUT2D eigenvalue weighted by Crippen LogP contribution is 2.26. The number of nitrogens with one attached hydrogen (secondary N) is 1. The summed E-state index contributed by atoms with van der Waals surface area (Å²) >= 11 is 5.35. The lowest BCUT2D eigenvalue weighted by molar-refractivity contribution is 0.532. The Balaban J connectivity index is 2.10. The molecule has 1 unspecified atom stereocenters. The first-order valence-corrected chi connectivity index (χ1v) is 7.93. The summed E-state index contributed by atoms with van der Waals surface area (Å²) in [6.45, 7) is 3.27. The van der Waals surface area contributed by atoms with Gasteiger partial charge in [0.25, 0.3) is 0 Å². The van der Waals surface area contributed by atoms with E-state index in [1.165, 1.54) is 14.2 Å². The van der Waals surface area contributed by atoms with Gasteiger partial charge in [-0.05, 0) is 46.6 Å². The molecule has 0 bridgehead atoms. The SMILES string of the molecule is CCCNC(Cc1ccc(Br)s1)c1ccccc1. The summed E-state index contributed by atoms with van der Waals surface area (Å²) in [4.78, 5) is 1.42. The molecule has 0 spiro atoms. The lowest BCUT2D eigenvalue weighted by Crippen LogP contribution is -2.23. The minimum atomic E-state index is 0.414. The number of hydrogen-bond acceptors (Lipinski definition) is 2. The molecule has 1 heterocycles. The Bertz CT molecular complexity index is 466. The molecule has 0 saturated heterocycles. The number of halogens is 1. The molecule has 1 aromatic carbocycles. The van der Waals surface area contributed by atoms with Gasteiger partial charge in [-0.3, -0.25) is 0 Å². The Morgan fingerprint density at radius 1 is 1.17 bits per heavy atom. The van der Waals surface area contributed by atoms with Crippen LogP contribution in [0.25, 0.3) is 0 Å². The zero-order valence-electron chi connectivity index (χ0n) is 10.5. The molecule has 2 aromatic rings. The van der Waals surface area contributed by atoms with Gasteiger partial charge in [0.15, 0.2) is 0 Å². The Morgan fingerprint density at radius 3 is 2.56 bits per heavy atom. The Labute approximate surface area is 121 Å². The first kappa shape index (κ1) is 13.8. The normalized spacial score (nSPS) is 12.6. The standard InChI is InChI=1S/C15H18BrNS/c1-2-10-17-14(12-6-4-3-5-7-12)11-13-8-9-15(16)18-13/h3-9,14,17H,2,10-11H2,1H3. The molecular formula is C15H18BrNS. The van der Waals surface area contributed by atoms with Crippen LogP contribution >= 0.6 is 27.3 Å². The minimum Gasteiger partial charge on any atom is -0.310 e. The van der Waals surface area contributed by atoms with Gasteiger partial charge < -0.3 is 5.32 Å². The lowest BCUT2D eigenvalue weighted by Gasteiger charge is -2.18. The first-order chi connectivity index (χ1) is 8.79. The van der Waals surface area contributed by atoms with Gasteiger partial charge in [0, 0.05) is 17.3 Å². The van der Waals surface area contributed by atoms with Gasteiger partial charge in [0.1, 0.15) is 0 Å². The molecule has 0 radical (unpaired) electrons. The van der Waals surface area contributed by atoms with Gasteiger partial charge in [-0.25, -0.2) is 0 Å². The molecule has 1 atom stereocenters. The van der Waals surface area contributed by atoms with Crippen LogP contribution < -0.4 is 5.32 Å². The van der Waals surface area contributed by atoms with Crippen LogP contribution in [-0.2, 0) is 6.42 Å². The Kier molecular flexibility index (Phi) is 5.42. The largest absolute Gasteiger partial charge is 0.310 e. The average Bonchev–Trinajstić information content (AvgIpc) is 2.81. The molecule has 0 aliphatic heterocycles. The van der Waals surface area contributed by atoms with Crippen molar-refractivity contribution in [3.8, 4) is 0 Å². The molecule has 0 fully saturated rings. The monoisotopic (exact) mass is 323 g/mol. The molecule has 0 saturated carbocycles. The quantitative estimate of drug-likeness (QED) is 0.805. The van der Waals surface area contributed by atoms with E-state index in [0.717, 1.165) is 19.4 Å². The summed E-state index contributed by atoms with van der Waals surface area (Å²) in [6.07, 6.45) is 2.22. The molecule has 96 valence electrons. The predicted octanol–water partition coefficient (Wildman–Crippen LogP) is 4.79. The lowest BCUT2D eigenvalue weighted by atomic mass is 10.0. The maximum absolute atomic E-state index is 3.63. The summed E-state index contributed by atoms with van der Waals surface area (Å²) in [5.41, 5.74) is 1.37. The fourth-order valence-corrected chi connectivity index (χ4v) is 3.50. The third kappa shape index (κ3) is 3.94. The van der Waals surface area contributed by atoms with Crippen molar-refractivity contribution in [2.24, 2.45) is 0 Å². The van der Waals surface area contributed by atoms with Gasteiger partial charge in [-0.2, -0.15) is 0 Å². The number of hydrogen-bond donors (Lipinski definition) is 1. The van der Waals surface area contributed by atoms with Crippen LogP contribution in [0.4, 0.5) is 0 Å². The van der Waals surface area contributed by atoms with Crippen molar-refractivity contribution in [3.63, 3.8) is 0 Å². The van der Waals surface area contributed by atoms with Gasteiger partial charge in [0.2, 0.25) is 0 Å². The molecule has 1 N–H and O–H groups in total. The van der Waals surface area contributed by atoms with E-state index in [0.29, 0.717) is 6.04 Å². The van der Waals surface area contributed by atoms with Crippen molar-refractivity contribution in [2.45, 2.75) is 25.8 Å².